The third kappa shape index (κ3) is 4.54. The van der Waals surface area contributed by atoms with Crippen LogP contribution in [0.1, 0.15) is 10.4 Å². The van der Waals surface area contributed by atoms with E-state index in [0.29, 0.717) is 28.3 Å². The summed E-state index contributed by atoms with van der Waals surface area (Å²) in [6.07, 6.45) is 0. The number of hydrogen-bond donors (Lipinski definition) is 2. The number of ether oxygens (including phenoxy) is 1. The summed E-state index contributed by atoms with van der Waals surface area (Å²) >= 11 is 15.1. The van der Waals surface area contributed by atoms with Crippen LogP contribution in [0.25, 0.3) is 0 Å². The van der Waals surface area contributed by atoms with E-state index in [0.717, 1.165) is 24.5 Å². The van der Waals surface area contributed by atoms with Gasteiger partial charge in [-0.1, -0.05) is 29.8 Å². The molecule has 2 aromatic carbocycles. The minimum absolute atomic E-state index is 0.211. The van der Waals surface area contributed by atoms with Crippen LogP contribution in [0.3, 0.4) is 0 Å². The zero-order chi connectivity index (χ0) is 18.5. The Hall–Kier alpha value is -1.67. The van der Waals surface area contributed by atoms with Gasteiger partial charge in [-0.05, 0) is 52.4 Å². The molecule has 1 aliphatic rings. The van der Waals surface area contributed by atoms with Crippen molar-refractivity contribution in [1.82, 2.24) is 5.32 Å². The Kier molecular flexibility index (Phi) is 6.48. The second-order valence-electron chi connectivity index (χ2n) is 5.62. The number of anilines is 2. The van der Waals surface area contributed by atoms with Crippen molar-refractivity contribution in [2.45, 2.75) is 0 Å². The van der Waals surface area contributed by atoms with Gasteiger partial charge in [0.25, 0.3) is 5.91 Å². The Morgan fingerprint density at radius 2 is 1.88 bits per heavy atom. The highest BCUT2D eigenvalue weighted by atomic mass is 79.9. The molecule has 2 aromatic rings. The lowest BCUT2D eigenvalue weighted by molar-refractivity contribution is 0.0977. The molecule has 0 aliphatic carbocycles. The second-order valence-corrected chi connectivity index (χ2v) is 7.29. The Morgan fingerprint density at radius 3 is 2.62 bits per heavy atom. The molecule has 5 nitrogen and oxygen atoms in total. The Bertz CT molecular complexity index is 828. The number of carbonyl (C=O) groups excluding carboxylic acids is 1. The van der Waals surface area contributed by atoms with Gasteiger partial charge < -0.3 is 15.0 Å². The number of para-hydroxylation sites is 1. The summed E-state index contributed by atoms with van der Waals surface area (Å²) in [5, 5.41) is 6.62. The third-order valence-corrected chi connectivity index (χ3v) is 5.11. The van der Waals surface area contributed by atoms with E-state index < -0.39 is 0 Å². The molecule has 1 heterocycles. The van der Waals surface area contributed by atoms with E-state index in [1.165, 1.54) is 0 Å². The van der Waals surface area contributed by atoms with Crippen molar-refractivity contribution in [2.75, 3.05) is 36.5 Å². The van der Waals surface area contributed by atoms with Crippen molar-refractivity contribution in [2.24, 2.45) is 0 Å². The number of benzene rings is 2. The molecular weight excluding hydrogens is 438 g/mol. The normalized spacial score (nSPS) is 14.0. The maximum absolute atomic E-state index is 12.4. The Balaban J connectivity index is 1.74. The fourth-order valence-electron chi connectivity index (χ4n) is 2.69. The van der Waals surface area contributed by atoms with Gasteiger partial charge in [0, 0.05) is 17.6 Å². The highest BCUT2D eigenvalue weighted by Gasteiger charge is 2.19. The van der Waals surface area contributed by atoms with Gasteiger partial charge in [-0.25, -0.2) is 0 Å². The topological polar surface area (TPSA) is 53.6 Å². The molecule has 0 aromatic heterocycles. The lowest BCUT2D eigenvalue weighted by Crippen LogP contribution is -2.38. The van der Waals surface area contributed by atoms with E-state index in [1.54, 1.807) is 18.2 Å². The highest BCUT2D eigenvalue weighted by molar-refractivity contribution is 9.10. The number of nitrogens with zero attached hydrogens (tertiary/aromatic N) is 1. The monoisotopic (exact) mass is 453 g/mol. The molecule has 8 heteroatoms. The van der Waals surface area contributed by atoms with Crippen LogP contribution in [0.15, 0.2) is 46.9 Å². The molecule has 26 heavy (non-hydrogen) atoms. The lowest BCUT2D eigenvalue weighted by atomic mass is 10.2. The minimum Gasteiger partial charge on any atom is -0.378 e. The molecule has 0 radical (unpaired) electrons. The number of morpholine rings is 1. The Labute approximate surface area is 170 Å². The van der Waals surface area contributed by atoms with Crippen molar-refractivity contribution in [3.05, 3.63) is 57.5 Å². The third-order valence-electron chi connectivity index (χ3n) is 3.91. The van der Waals surface area contributed by atoms with Crippen LogP contribution in [0, 0.1) is 0 Å². The first-order valence-corrected chi connectivity index (χ1v) is 9.62. The number of thiocarbonyl (C=S) groups is 1. The molecule has 0 atom stereocenters. The molecule has 0 saturated carbocycles. The van der Waals surface area contributed by atoms with Crippen LogP contribution in [-0.4, -0.2) is 37.3 Å². The molecule has 2 N–H and O–H groups in total. The van der Waals surface area contributed by atoms with Gasteiger partial charge in [-0.2, -0.15) is 0 Å². The predicted molar refractivity (Wildman–Crippen MR) is 112 cm³/mol. The van der Waals surface area contributed by atoms with E-state index >= 15 is 0 Å². The van der Waals surface area contributed by atoms with E-state index in [4.69, 9.17) is 28.6 Å². The zero-order valence-corrected chi connectivity index (χ0v) is 17.0. The van der Waals surface area contributed by atoms with Crippen molar-refractivity contribution < 1.29 is 9.53 Å². The molecule has 1 saturated heterocycles. The van der Waals surface area contributed by atoms with Crippen molar-refractivity contribution >= 4 is 62.1 Å². The van der Waals surface area contributed by atoms with Gasteiger partial charge in [-0.3, -0.25) is 10.1 Å². The van der Waals surface area contributed by atoms with Gasteiger partial charge in [0.1, 0.15) is 0 Å². The number of amides is 1. The molecule has 0 bridgehead atoms. The smallest absolute Gasteiger partial charge is 0.258 e. The SMILES string of the molecule is O=C(NC(=S)Nc1cccc(Cl)c1N1CCOCC1)c1ccccc1Br. The van der Waals surface area contributed by atoms with Crippen LogP contribution < -0.4 is 15.5 Å². The van der Waals surface area contributed by atoms with Crippen LogP contribution in [0.4, 0.5) is 11.4 Å². The summed E-state index contributed by atoms with van der Waals surface area (Å²) in [4.78, 5) is 14.5. The van der Waals surface area contributed by atoms with E-state index in [-0.39, 0.29) is 11.0 Å². The first-order valence-electron chi connectivity index (χ1n) is 8.04. The van der Waals surface area contributed by atoms with Crippen LogP contribution in [0.2, 0.25) is 5.02 Å². The summed E-state index contributed by atoms with van der Waals surface area (Å²) in [5.41, 5.74) is 2.11. The summed E-state index contributed by atoms with van der Waals surface area (Å²) < 4.78 is 6.11. The average molecular weight is 455 g/mol. The largest absolute Gasteiger partial charge is 0.378 e. The quantitative estimate of drug-likeness (QED) is 0.685. The van der Waals surface area contributed by atoms with Crippen molar-refractivity contribution in [1.29, 1.82) is 0 Å². The van der Waals surface area contributed by atoms with Crippen molar-refractivity contribution in [3.63, 3.8) is 0 Å². The lowest BCUT2D eigenvalue weighted by Gasteiger charge is -2.31. The molecule has 1 aliphatic heterocycles. The van der Waals surface area contributed by atoms with Gasteiger partial charge in [-0.15, -0.1) is 0 Å². The summed E-state index contributed by atoms with van der Waals surface area (Å²) in [5.74, 6) is -0.287. The fourth-order valence-corrected chi connectivity index (χ4v) is 3.66. The maximum Gasteiger partial charge on any atom is 0.258 e. The van der Waals surface area contributed by atoms with Crippen LogP contribution in [0.5, 0.6) is 0 Å². The Morgan fingerprint density at radius 1 is 1.15 bits per heavy atom. The van der Waals surface area contributed by atoms with E-state index in [1.807, 2.05) is 24.3 Å². The number of carbonyl (C=O) groups is 1. The number of halogens is 2. The maximum atomic E-state index is 12.4. The highest BCUT2D eigenvalue weighted by Crippen LogP contribution is 2.34. The minimum atomic E-state index is -0.287. The predicted octanol–water partition coefficient (Wildman–Crippen LogP) is 4.07. The second kappa shape index (κ2) is 8.81. The molecular formula is C18H17BrClN3O2S. The summed E-state index contributed by atoms with van der Waals surface area (Å²) in [7, 11) is 0. The first-order chi connectivity index (χ1) is 12.6. The molecule has 1 amide bonds. The van der Waals surface area contributed by atoms with E-state index in [9.17, 15) is 4.79 Å². The van der Waals surface area contributed by atoms with E-state index in [2.05, 4.69) is 31.5 Å². The van der Waals surface area contributed by atoms with Crippen molar-refractivity contribution in [3.8, 4) is 0 Å². The molecule has 1 fully saturated rings. The standard InChI is InChI=1S/C18H17BrClN3O2S/c19-13-5-2-1-4-12(13)17(24)22-18(26)21-15-7-3-6-14(20)16(15)23-8-10-25-11-9-23/h1-7H,8-11H2,(H2,21,22,24,26). The molecule has 136 valence electrons. The zero-order valence-electron chi connectivity index (χ0n) is 13.8. The van der Waals surface area contributed by atoms with Gasteiger partial charge in [0.2, 0.25) is 0 Å². The summed E-state index contributed by atoms with van der Waals surface area (Å²) in [6.45, 7) is 2.78. The van der Waals surface area contributed by atoms with Gasteiger partial charge >= 0.3 is 0 Å². The fraction of sp³-hybridized carbons (Fsp3) is 0.222. The molecule has 3 rings (SSSR count). The summed E-state index contributed by atoms with van der Waals surface area (Å²) in [6, 6.07) is 12.7. The molecule has 0 unspecified atom stereocenters. The van der Waals surface area contributed by atoms with Gasteiger partial charge in [0.15, 0.2) is 5.11 Å². The number of nitrogens with one attached hydrogen (secondary N) is 2. The van der Waals surface area contributed by atoms with Gasteiger partial charge in [0.05, 0.1) is 35.2 Å². The number of rotatable bonds is 3. The van der Waals surface area contributed by atoms with Crippen LogP contribution >= 0.6 is 39.7 Å². The average Bonchev–Trinajstić information content (AvgIpc) is 2.62. The van der Waals surface area contributed by atoms with Crippen LogP contribution in [-0.2, 0) is 4.74 Å². The number of hydrogen-bond acceptors (Lipinski definition) is 4. The molecule has 0 spiro atoms. The first kappa shape index (κ1) is 19.1.